The van der Waals surface area contributed by atoms with E-state index in [2.05, 4.69) is 270 Å². The second-order valence-electron chi connectivity index (χ2n) is 18.4. The molecule has 0 radical (unpaired) electrons. The zero-order valence-corrected chi connectivity index (χ0v) is 38.7. The Morgan fingerprint density at radius 2 is 0.845 bits per heavy atom. The molecule has 71 heavy (non-hydrogen) atoms. The summed E-state index contributed by atoms with van der Waals surface area (Å²) in [5.74, 6) is 0. The molecule has 2 heterocycles. The van der Waals surface area contributed by atoms with Gasteiger partial charge >= 0.3 is 0 Å². The average molecular weight is 905 g/mol. The number of hydrogen-bond acceptors (Lipinski definition) is 2. The lowest BCUT2D eigenvalue weighted by Gasteiger charge is -2.29. The Hall–Kier alpha value is -9.44. The molecule has 12 aromatic carbocycles. The molecule has 0 amide bonds. The molecule has 0 fully saturated rings. The van der Waals surface area contributed by atoms with Crippen LogP contribution in [0, 0.1) is 0 Å². The molecule has 0 saturated carbocycles. The van der Waals surface area contributed by atoms with Crippen LogP contribution in [-0.2, 0) is 0 Å². The topological polar surface area (TPSA) is 21.3 Å². The van der Waals surface area contributed by atoms with Crippen LogP contribution in [0.5, 0.6) is 0 Å². The number of fused-ring (bicyclic) bond motifs is 9. The number of benzene rings is 12. The lowest BCUT2D eigenvalue weighted by atomic mass is 9.93. The fraction of sp³-hybridized carbons (Fsp3) is 0. The van der Waals surface area contributed by atoms with Crippen LogP contribution in [0.25, 0.3) is 115 Å². The van der Waals surface area contributed by atoms with E-state index in [0.717, 1.165) is 72.5 Å². The van der Waals surface area contributed by atoms with E-state index in [1.165, 1.54) is 60.0 Å². The number of hydrogen-bond donors (Lipinski definition) is 0. The number of para-hydroxylation sites is 4. The van der Waals surface area contributed by atoms with Crippen LogP contribution in [0.3, 0.4) is 0 Å². The number of nitrogens with zero attached hydrogens (tertiary/aromatic N) is 2. The Balaban J connectivity index is 0.869. The lowest BCUT2D eigenvalue weighted by Crippen LogP contribution is -2.11. The second kappa shape index (κ2) is 16.7. The van der Waals surface area contributed by atoms with Gasteiger partial charge in [-0.1, -0.05) is 194 Å². The second-order valence-corrected chi connectivity index (χ2v) is 18.4. The minimum atomic E-state index is 0.876. The predicted octanol–water partition coefficient (Wildman–Crippen LogP) is 19.1. The minimum absolute atomic E-state index is 0.876. The number of rotatable bonds is 8. The molecule has 0 unspecified atom stereocenters. The van der Waals surface area contributed by atoms with Crippen molar-refractivity contribution >= 4 is 82.4 Å². The van der Waals surface area contributed by atoms with Gasteiger partial charge in [0.15, 0.2) is 0 Å². The van der Waals surface area contributed by atoms with Crippen LogP contribution in [0.1, 0.15) is 0 Å². The van der Waals surface area contributed by atoms with Gasteiger partial charge in [0, 0.05) is 44.2 Å². The molecule has 0 atom stereocenters. The van der Waals surface area contributed by atoms with Crippen molar-refractivity contribution in [3.8, 4) is 50.2 Å². The first-order valence-electron chi connectivity index (χ1n) is 24.3. The van der Waals surface area contributed by atoms with E-state index < -0.39 is 0 Å². The van der Waals surface area contributed by atoms with E-state index in [-0.39, 0.29) is 0 Å². The first kappa shape index (κ1) is 40.6. The summed E-state index contributed by atoms with van der Waals surface area (Å²) < 4.78 is 8.82. The summed E-state index contributed by atoms with van der Waals surface area (Å²) in [6.45, 7) is 0. The first-order chi connectivity index (χ1) is 35.2. The Kier molecular flexibility index (Phi) is 9.53. The zero-order chi connectivity index (χ0) is 46.8. The standard InChI is InChI=1S/C68H44N2O/c1-2-21-54-50(16-1)44-62(56-23-4-3-22-55(54)56)49-18-14-19-52(43-49)69(63-29-9-7-26-59(63)60-28-15-33-67-68(60)61-27-8-12-32-66(61)71-67)51-40-38-46(39-41-51)45-34-36-47(37-35-45)48-17-13-20-53(42-48)70-64-30-10-5-24-57(64)58-25-6-11-31-65(58)70/h1-44H. The van der Waals surface area contributed by atoms with Crippen molar-refractivity contribution in [1.29, 1.82) is 0 Å². The highest BCUT2D eigenvalue weighted by atomic mass is 16.3. The van der Waals surface area contributed by atoms with E-state index >= 15 is 0 Å². The van der Waals surface area contributed by atoms with Gasteiger partial charge < -0.3 is 13.9 Å². The van der Waals surface area contributed by atoms with Crippen molar-refractivity contribution < 1.29 is 4.42 Å². The van der Waals surface area contributed by atoms with Crippen LogP contribution in [0.4, 0.5) is 17.1 Å². The molecule has 3 heteroatoms. The molecule has 3 nitrogen and oxygen atoms in total. The molecular formula is C68H44N2O. The molecule has 0 aliphatic carbocycles. The third-order valence-electron chi connectivity index (χ3n) is 14.4. The van der Waals surface area contributed by atoms with Gasteiger partial charge in [0.1, 0.15) is 11.2 Å². The molecule has 0 spiro atoms. The summed E-state index contributed by atoms with van der Waals surface area (Å²) >= 11 is 0. The summed E-state index contributed by atoms with van der Waals surface area (Å²) in [7, 11) is 0. The molecule has 0 saturated heterocycles. The van der Waals surface area contributed by atoms with Crippen LogP contribution >= 0.6 is 0 Å². The highest BCUT2D eigenvalue weighted by Crippen LogP contribution is 2.46. The normalized spacial score (nSPS) is 11.7. The van der Waals surface area contributed by atoms with E-state index in [4.69, 9.17) is 4.42 Å². The molecule has 14 rings (SSSR count). The maximum Gasteiger partial charge on any atom is 0.136 e. The van der Waals surface area contributed by atoms with Gasteiger partial charge in [-0.05, 0) is 133 Å². The van der Waals surface area contributed by atoms with Gasteiger partial charge in [0.2, 0.25) is 0 Å². The maximum absolute atomic E-state index is 6.44. The van der Waals surface area contributed by atoms with Crippen LogP contribution in [-0.4, -0.2) is 4.57 Å². The van der Waals surface area contributed by atoms with Crippen molar-refractivity contribution in [2.45, 2.75) is 0 Å². The lowest BCUT2D eigenvalue weighted by molar-refractivity contribution is 0.669. The molecular weight excluding hydrogens is 861 g/mol. The molecule has 0 bridgehead atoms. The Labute approximate surface area is 411 Å². The van der Waals surface area contributed by atoms with Crippen LogP contribution < -0.4 is 4.90 Å². The SMILES string of the molecule is c1cc(-c2cc3ccccc3c3ccccc23)cc(N(c2ccc(-c3ccc(-c4cccc(-n5c6ccccc6c6ccccc65)c4)cc3)cc2)c2ccccc2-c2cccc3oc4ccccc4c23)c1. The van der Waals surface area contributed by atoms with Gasteiger partial charge in [0.25, 0.3) is 0 Å². The van der Waals surface area contributed by atoms with Crippen LogP contribution in [0.2, 0.25) is 0 Å². The Bertz CT molecular complexity index is 4290. The number of aromatic nitrogens is 1. The molecule has 0 aliphatic rings. The molecule has 0 N–H and O–H groups in total. The van der Waals surface area contributed by atoms with Crippen molar-refractivity contribution in [1.82, 2.24) is 4.57 Å². The van der Waals surface area contributed by atoms with Crippen LogP contribution in [0.15, 0.2) is 271 Å². The Morgan fingerprint density at radius 1 is 0.296 bits per heavy atom. The van der Waals surface area contributed by atoms with Gasteiger partial charge in [-0.3, -0.25) is 0 Å². The van der Waals surface area contributed by atoms with E-state index in [9.17, 15) is 0 Å². The third kappa shape index (κ3) is 6.82. The minimum Gasteiger partial charge on any atom is -0.456 e. The third-order valence-corrected chi connectivity index (χ3v) is 14.4. The maximum atomic E-state index is 6.44. The van der Waals surface area contributed by atoms with Crippen molar-refractivity contribution in [2.24, 2.45) is 0 Å². The van der Waals surface area contributed by atoms with Gasteiger partial charge in [-0.15, -0.1) is 0 Å². The predicted molar refractivity (Wildman–Crippen MR) is 299 cm³/mol. The summed E-state index contributed by atoms with van der Waals surface area (Å²) in [6, 6.07) is 96.7. The van der Waals surface area contributed by atoms with E-state index in [1.807, 2.05) is 6.07 Å². The van der Waals surface area contributed by atoms with E-state index in [1.54, 1.807) is 0 Å². The first-order valence-corrected chi connectivity index (χ1v) is 24.3. The van der Waals surface area contributed by atoms with Crippen molar-refractivity contribution in [2.75, 3.05) is 4.90 Å². The van der Waals surface area contributed by atoms with Crippen molar-refractivity contribution in [3.05, 3.63) is 267 Å². The molecule has 14 aromatic rings. The molecule has 0 aliphatic heterocycles. The van der Waals surface area contributed by atoms with Gasteiger partial charge in [-0.2, -0.15) is 0 Å². The molecule has 332 valence electrons. The Morgan fingerprint density at radius 3 is 1.62 bits per heavy atom. The smallest absolute Gasteiger partial charge is 0.136 e. The van der Waals surface area contributed by atoms with Gasteiger partial charge in [-0.25, -0.2) is 0 Å². The summed E-state index contributed by atoms with van der Waals surface area (Å²) in [5.41, 5.74) is 17.8. The number of furan rings is 1. The largest absolute Gasteiger partial charge is 0.456 e. The summed E-state index contributed by atoms with van der Waals surface area (Å²) in [6.07, 6.45) is 0. The monoisotopic (exact) mass is 904 g/mol. The quantitative estimate of drug-likeness (QED) is 0.142. The highest BCUT2D eigenvalue weighted by Gasteiger charge is 2.22. The fourth-order valence-corrected chi connectivity index (χ4v) is 11.1. The highest BCUT2D eigenvalue weighted by molar-refractivity contribution is 6.15. The summed E-state index contributed by atoms with van der Waals surface area (Å²) in [4.78, 5) is 2.42. The van der Waals surface area contributed by atoms with Gasteiger partial charge in [0.05, 0.1) is 16.7 Å². The van der Waals surface area contributed by atoms with E-state index in [0.29, 0.717) is 0 Å². The number of anilines is 3. The fourth-order valence-electron chi connectivity index (χ4n) is 11.1. The average Bonchev–Trinajstić information content (AvgIpc) is 4.00. The zero-order valence-electron chi connectivity index (χ0n) is 38.7. The molecule has 2 aromatic heterocycles. The van der Waals surface area contributed by atoms with Crippen molar-refractivity contribution in [3.63, 3.8) is 0 Å². The summed E-state index contributed by atoms with van der Waals surface area (Å²) in [5, 5.41) is 9.73.